The second kappa shape index (κ2) is 54.1. The van der Waals surface area contributed by atoms with E-state index in [1.54, 1.807) is 0 Å². The Kier molecular flexibility index (Phi) is 573. The molecular weight excluding hydrogens is 333 g/mol. The van der Waals surface area contributed by atoms with Crippen molar-refractivity contribution < 1.29 is 85.3 Å². The van der Waals surface area contributed by atoms with Crippen LogP contribution in [0.1, 0.15) is 0 Å². The van der Waals surface area contributed by atoms with Crippen molar-refractivity contribution in [3.8, 4) is 0 Å². The van der Waals surface area contributed by atoms with Gasteiger partial charge in [-0.25, -0.2) is 0 Å². The first-order valence-corrected chi connectivity index (χ1v) is 0. The molecule has 0 rings (SSSR count). The smallest absolute Gasteiger partial charge is 0 e. The van der Waals surface area contributed by atoms with Crippen LogP contribution in [-0.4, -0.2) is 34.7 Å². The molecule has 0 nitrogen and oxygen atoms in total. The minimum Gasteiger partial charge on any atom is 0 e. The third-order valence-electron chi connectivity index (χ3n) is 0. The average molecular weight is 333 g/mol. The normalized spacial score (nSPS) is 0. The summed E-state index contributed by atoms with van der Waals surface area (Å²) in [4.78, 5) is 0. The molecule has 0 aliphatic heterocycles. The average Bonchev–Trinajstić information content (AvgIpc) is 0. The van der Waals surface area contributed by atoms with E-state index in [0.717, 1.165) is 0 Å². The molecule has 0 amide bonds. The molecule has 0 aromatic rings. The van der Waals surface area contributed by atoms with Crippen LogP contribution in [0, 0.1) is 0 Å². The second-order valence-corrected chi connectivity index (χ2v) is 0. The van der Waals surface area contributed by atoms with Crippen molar-refractivity contribution in [3.05, 3.63) is 0 Å². The minimum atomic E-state index is 0. The summed E-state index contributed by atoms with van der Waals surface area (Å²) in [6.07, 6.45) is 0. The zero-order valence-corrected chi connectivity index (χ0v) is 10.8. The van der Waals surface area contributed by atoms with Crippen molar-refractivity contribution in [1.29, 1.82) is 0 Å². The fourth-order valence-corrected chi connectivity index (χ4v) is 0. The Labute approximate surface area is 118 Å². The van der Waals surface area contributed by atoms with Gasteiger partial charge in [0.25, 0.3) is 0 Å². The molecule has 0 aromatic heterocycles. The third kappa shape index (κ3) is 42.3. The van der Waals surface area contributed by atoms with Crippen LogP contribution >= 0.6 is 0 Å². The summed E-state index contributed by atoms with van der Waals surface area (Å²) in [6.45, 7) is 0. The van der Waals surface area contributed by atoms with E-state index in [1.807, 2.05) is 0 Å². The van der Waals surface area contributed by atoms with Crippen LogP contribution in [-0.2, 0) is 85.3 Å². The van der Waals surface area contributed by atoms with Gasteiger partial charge in [-0.3, -0.25) is 0 Å². The first-order chi connectivity index (χ1) is 0. The maximum absolute atomic E-state index is 0. The van der Waals surface area contributed by atoms with Crippen LogP contribution in [0.4, 0.5) is 0 Å². The number of hydrogen-bond acceptors (Lipinski definition) is 0. The van der Waals surface area contributed by atoms with Gasteiger partial charge in [0.05, 0.1) is 0 Å². The summed E-state index contributed by atoms with van der Waals surface area (Å²) in [5.74, 6) is 0. The largest absolute Gasteiger partial charge is 0 e. The van der Waals surface area contributed by atoms with E-state index in [4.69, 9.17) is 0 Å². The molecule has 0 atom stereocenters. The van der Waals surface area contributed by atoms with E-state index < -0.39 is 0 Å². The van der Waals surface area contributed by atoms with Crippen molar-refractivity contribution in [2.45, 2.75) is 0 Å². The molecular formula is Al2Fe5. The molecule has 0 saturated heterocycles. The Morgan fingerprint density at radius 3 is 0.286 bits per heavy atom. The van der Waals surface area contributed by atoms with E-state index in [1.165, 1.54) is 0 Å². The summed E-state index contributed by atoms with van der Waals surface area (Å²) in [7, 11) is 0. The second-order valence-electron chi connectivity index (χ2n) is 0. The monoisotopic (exact) mass is 334 g/mol. The van der Waals surface area contributed by atoms with Crippen LogP contribution in [0.15, 0.2) is 0 Å². The SMILES string of the molecule is [Al].[Al].[Fe].[Fe].[Fe].[Fe].[Fe]. The molecule has 0 N–H and O–H groups in total. The van der Waals surface area contributed by atoms with Crippen LogP contribution in [0.5, 0.6) is 0 Å². The standard InChI is InChI=1S/2Al.5Fe. The van der Waals surface area contributed by atoms with E-state index in [0.29, 0.717) is 0 Å². The molecule has 0 bridgehead atoms. The fourth-order valence-electron chi connectivity index (χ4n) is 0. The predicted octanol–water partition coefficient (Wildman–Crippen LogP) is -0.774. The summed E-state index contributed by atoms with van der Waals surface area (Å²) in [5.41, 5.74) is 0. The molecule has 0 aliphatic carbocycles. The van der Waals surface area contributed by atoms with E-state index in [2.05, 4.69) is 0 Å². The number of hydrogen-bond donors (Lipinski definition) is 0. The molecule has 0 aromatic carbocycles. The van der Waals surface area contributed by atoms with Gasteiger partial charge in [-0.2, -0.15) is 0 Å². The molecule has 0 spiro atoms. The van der Waals surface area contributed by atoms with Crippen molar-refractivity contribution in [1.82, 2.24) is 0 Å². The Balaban J connectivity index is 0. The Morgan fingerprint density at radius 1 is 0.286 bits per heavy atom. The first-order valence-electron chi connectivity index (χ1n) is 0. The molecule has 0 aliphatic rings. The van der Waals surface area contributed by atoms with Gasteiger partial charge in [-0.1, -0.05) is 0 Å². The maximum Gasteiger partial charge on any atom is 0 e. The third-order valence-corrected chi connectivity index (χ3v) is 0. The van der Waals surface area contributed by atoms with Gasteiger partial charge < -0.3 is 0 Å². The summed E-state index contributed by atoms with van der Waals surface area (Å²) >= 11 is 0. The van der Waals surface area contributed by atoms with Gasteiger partial charge in [0.15, 0.2) is 0 Å². The van der Waals surface area contributed by atoms with Crippen molar-refractivity contribution >= 4 is 34.7 Å². The van der Waals surface area contributed by atoms with Gasteiger partial charge in [0.1, 0.15) is 0 Å². The molecule has 0 saturated carbocycles. The van der Waals surface area contributed by atoms with Gasteiger partial charge in [-0.05, 0) is 0 Å². The Morgan fingerprint density at radius 2 is 0.286 bits per heavy atom. The topological polar surface area (TPSA) is 0 Å². The van der Waals surface area contributed by atoms with Gasteiger partial charge in [-0.15, -0.1) is 0 Å². The van der Waals surface area contributed by atoms with Crippen LogP contribution in [0.3, 0.4) is 0 Å². The molecule has 7 heteroatoms. The van der Waals surface area contributed by atoms with Crippen molar-refractivity contribution in [3.63, 3.8) is 0 Å². The van der Waals surface area contributed by atoms with Crippen LogP contribution in [0.25, 0.3) is 0 Å². The summed E-state index contributed by atoms with van der Waals surface area (Å²) < 4.78 is 0. The molecule has 7 heavy (non-hydrogen) atoms. The van der Waals surface area contributed by atoms with Gasteiger partial charge in [0, 0.05) is 120 Å². The van der Waals surface area contributed by atoms with Gasteiger partial charge >= 0.3 is 0 Å². The zero-order chi connectivity index (χ0) is 0. The summed E-state index contributed by atoms with van der Waals surface area (Å²) in [6, 6.07) is 0. The Bertz CT molecular complexity index is 6.04. The molecule has 6 radical (unpaired) electrons. The summed E-state index contributed by atoms with van der Waals surface area (Å²) in [5, 5.41) is 0. The minimum absolute atomic E-state index is 0. The van der Waals surface area contributed by atoms with E-state index in [9.17, 15) is 0 Å². The van der Waals surface area contributed by atoms with Gasteiger partial charge in [0.2, 0.25) is 0 Å². The van der Waals surface area contributed by atoms with E-state index >= 15 is 0 Å². The van der Waals surface area contributed by atoms with Crippen molar-refractivity contribution in [2.24, 2.45) is 0 Å². The quantitative estimate of drug-likeness (QED) is 0.511. The van der Waals surface area contributed by atoms with Crippen LogP contribution < -0.4 is 0 Å². The van der Waals surface area contributed by atoms with Crippen molar-refractivity contribution in [2.75, 3.05) is 0 Å². The number of rotatable bonds is 0. The molecule has 0 unspecified atom stereocenters. The zero-order valence-electron chi connectivity index (χ0n) is 2.92. The Hall–Kier alpha value is 3.66. The molecule has 46 valence electrons. The van der Waals surface area contributed by atoms with Crippen LogP contribution in [0.2, 0.25) is 0 Å². The molecule has 0 heterocycles. The first kappa shape index (κ1) is 74.2. The van der Waals surface area contributed by atoms with E-state index in [-0.39, 0.29) is 120 Å². The predicted molar refractivity (Wildman–Crippen MR) is 11.5 cm³/mol. The fraction of sp³-hybridized carbons (Fsp3) is 0. The molecule has 0 fully saturated rings. The maximum atomic E-state index is 0.